The zero-order chi connectivity index (χ0) is 14.7. The Hall–Kier alpha value is -1.69. The molecule has 1 unspecified atom stereocenters. The lowest BCUT2D eigenvalue weighted by molar-refractivity contribution is 0.0696. The van der Waals surface area contributed by atoms with Gasteiger partial charge in [0.25, 0.3) is 0 Å². The van der Waals surface area contributed by atoms with Crippen molar-refractivity contribution in [3.05, 3.63) is 16.8 Å². The Balaban J connectivity index is 2.34. The number of rotatable bonds is 5. The Morgan fingerprint density at radius 1 is 1.40 bits per heavy atom. The third-order valence-electron chi connectivity index (χ3n) is 3.79. The molecule has 110 valence electrons. The van der Waals surface area contributed by atoms with E-state index < -0.39 is 5.97 Å². The Labute approximate surface area is 119 Å². The first-order chi connectivity index (χ1) is 9.56. The number of likely N-dealkylation sites (N-methyl/N-ethyl adjacent to an activating group) is 1. The fourth-order valence-electron chi connectivity index (χ4n) is 2.75. The van der Waals surface area contributed by atoms with Crippen LogP contribution in [0, 0.1) is 0 Å². The van der Waals surface area contributed by atoms with Crippen molar-refractivity contribution < 1.29 is 9.90 Å². The lowest BCUT2D eigenvalue weighted by Gasteiger charge is -2.17. The van der Waals surface area contributed by atoms with Crippen LogP contribution in [0.4, 0.5) is 5.82 Å². The predicted molar refractivity (Wildman–Crippen MR) is 77.3 cm³/mol. The van der Waals surface area contributed by atoms with E-state index in [1.165, 1.54) is 0 Å². The van der Waals surface area contributed by atoms with Crippen molar-refractivity contribution in [3.63, 3.8) is 0 Å². The van der Waals surface area contributed by atoms with Crippen molar-refractivity contribution in [3.8, 4) is 0 Å². The van der Waals surface area contributed by atoms with Gasteiger partial charge in [0.1, 0.15) is 5.56 Å². The van der Waals surface area contributed by atoms with Crippen molar-refractivity contribution in [1.29, 1.82) is 0 Å². The summed E-state index contributed by atoms with van der Waals surface area (Å²) in [4.78, 5) is 13.8. The molecule has 1 aliphatic rings. The molecule has 0 bridgehead atoms. The SMILES string of the molecule is CCc1nnc(NC2CCN(C)C2)c(C(=O)O)c1CC. The average molecular weight is 278 g/mol. The van der Waals surface area contributed by atoms with Crippen LogP contribution in [0.2, 0.25) is 0 Å². The molecule has 1 aromatic heterocycles. The maximum Gasteiger partial charge on any atom is 0.339 e. The quantitative estimate of drug-likeness (QED) is 0.848. The minimum Gasteiger partial charge on any atom is -0.478 e. The number of aryl methyl sites for hydroxylation is 1. The van der Waals surface area contributed by atoms with Gasteiger partial charge in [-0.25, -0.2) is 4.79 Å². The molecule has 1 aromatic rings. The summed E-state index contributed by atoms with van der Waals surface area (Å²) >= 11 is 0. The van der Waals surface area contributed by atoms with Crippen molar-refractivity contribution in [2.75, 3.05) is 25.5 Å². The number of aromatic carboxylic acids is 1. The molecule has 0 radical (unpaired) electrons. The highest BCUT2D eigenvalue weighted by atomic mass is 16.4. The Kier molecular flexibility index (Phi) is 4.54. The highest BCUT2D eigenvalue weighted by molar-refractivity contribution is 5.95. The normalized spacial score (nSPS) is 19.2. The molecular formula is C14H22N4O2. The number of hydrogen-bond donors (Lipinski definition) is 2. The van der Waals surface area contributed by atoms with E-state index in [1.54, 1.807) is 0 Å². The first kappa shape index (κ1) is 14.7. The molecule has 2 rings (SSSR count). The zero-order valence-electron chi connectivity index (χ0n) is 12.3. The molecule has 2 N–H and O–H groups in total. The maximum absolute atomic E-state index is 11.6. The molecular weight excluding hydrogens is 256 g/mol. The van der Waals surface area contributed by atoms with E-state index in [-0.39, 0.29) is 11.6 Å². The second-order valence-electron chi connectivity index (χ2n) is 5.25. The van der Waals surface area contributed by atoms with E-state index in [9.17, 15) is 9.90 Å². The van der Waals surface area contributed by atoms with Gasteiger partial charge in [0.15, 0.2) is 5.82 Å². The molecule has 20 heavy (non-hydrogen) atoms. The number of anilines is 1. The summed E-state index contributed by atoms with van der Waals surface area (Å²) in [6.45, 7) is 5.84. The van der Waals surface area contributed by atoms with Gasteiger partial charge < -0.3 is 15.3 Å². The third kappa shape index (κ3) is 2.90. The van der Waals surface area contributed by atoms with E-state index in [4.69, 9.17) is 0 Å². The van der Waals surface area contributed by atoms with Gasteiger partial charge >= 0.3 is 5.97 Å². The van der Waals surface area contributed by atoms with Gasteiger partial charge in [0, 0.05) is 12.6 Å². The highest BCUT2D eigenvalue weighted by Crippen LogP contribution is 2.23. The minimum atomic E-state index is -0.930. The monoisotopic (exact) mass is 278 g/mol. The van der Waals surface area contributed by atoms with E-state index in [1.807, 2.05) is 13.8 Å². The number of aromatic nitrogens is 2. The summed E-state index contributed by atoms with van der Waals surface area (Å²) in [6.07, 6.45) is 2.34. The summed E-state index contributed by atoms with van der Waals surface area (Å²) in [5, 5.41) is 21.0. The minimum absolute atomic E-state index is 0.240. The fraction of sp³-hybridized carbons (Fsp3) is 0.643. The summed E-state index contributed by atoms with van der Waals surface area (Å²) in [5.74, 6) is -0.521. The lowest BCUT2D eigenvalue weighted by Crippen LogP contribution is -2.26. The number of hydrogen-bond acceptors (Lipinski definition) is 5. The van der Waals surface area contributed by atoms with E-state index in [0.717, 1.165) is 30.8 Å². The molecule has 1 fully saturated rings. The third-order valence-corrected chi connectivity index (χ3v) is 3.79. The van der Waals surface area contributed by atoms with Gasteiger partial charge in [-0.3, -0.25) is 0 Å². The second-order valence-corrected chi connectivity index (χ2v) is 5.25. The van der Waals surface area contributed by atoms with Crippen LogP contribution in [0.25, 0.3) is 0 Å². The van der Waals surface area contributed by atoms with E-state index >= 15 is 0 Å². The molecule has 1 saturated heterocycles. The summed E-state index contributed by atoms with van der Waals surface area (Å²) in [6, 6.07) is 0.240. The van der Waals surface area contributed by atoms with Crippen molar-refractivity contribution in [1.82, 2.24) is 15.1 Å². The van der Waals surface area contributed by atoms with Gasteiger partial charge in [-0.05, 0) is 38.4 Å². The summed E-state index contributed by atoms with van der Waals surface area (Å²) in [5.41, 5.74) is 1.86. The van der Waals surface area contributed by atoms with Crippen LogP contribution in [0.3, 0.4) is 0 Å². The van der Waals surface area contributed by atoms with E-state index in [2.05, 4.69) is 27.5 Å². The molecule has 6 nitrogen and oxygen atoms in total. The van der Waals surface area contributed by atoms with Crippen LogP contribution in [0.5, 0.6) is 0 Å². The Bertz CT molecular complexity index is 504. The smallest absolute Gasteiger partial charge is 0.339 e. The van der Waals surface area contributed by atoms with E-state index in [0.29, 0.717) is 18.7 Å². The molecule has 0 amide bonds. The molecule has 1 aliphatic heterocycles. The number of carboxylic acids is 1. The summed E-state index contributed by atoms with van der Waals surface area (Å²) in [7, 11) is 2.06. The second kappa shape index (κ2) is 6.17. The molecule has 0 aromatic carbocycles. The van der Waals surface area contributed by atoms with Crippen LogP contribution < -0.4 is 5.32 Å². The zero-order valence-corrected chi connectivity index (χ0v) is 12.3. The lowest BCUT2D eigenvalue weighted by atomic mass is 10.0. The van der Waals surface area contributed by atoms with Crippen molar-refractivity contribution in [2.45, 2.75) is 39.2 Å². The van der Waals surface area contributed by atoms with Gasteiger partial charge in [0.2, 0.25) is 0 Å². The molecule has 6 heteroatoms. The maximum atomic E-state index is 11.6. The number of carboxylic acid groups (broad SMARTS) is 1. The topological polar surface area (TPSA) is 78.4 Å². The molecule has 0 saturated carbocycles. The van der Waals surface area contributed by atoms with Gasteiger partial charge in [-0.2, -0.15) is 5.10 Å². The van der Waals surface area contributed by atoms with Gasteiger partial charge in [-0.15, -0.1) is 5.10 Å². The average Bonchev–Trinajstić information content (AvgIpc) is 2.83. The largest absolute Gasteiger partial charge is 0.478 e. The van der Waals surface area contributed by atoms with Crippen molar-refractivity contribution in [2.24, 2.45) is 0 Å². The van der Waals surface area contributed by atoms with Gasteiger partial charge in [0.05, 0.1) is 5.69 Å². The fourth-order valence-corrected chi connectivity index (χ4v) is 2.75. The molecule has 1 atom stereocenters. The Morgan fingerprint density at radius 2 is 2.15 bits per heavy atom. The number of nitrogens with one attached hydrogen (secondary N) is 1. The van der Waals surface area contributed by atoms with Crippen LogP contribution in [0.1, 0.15) is 41.9 Å². The molecule has 2 heterocycles. The Morgan fingerprint density at radius 3 is 2.65 bits per heavy atom. The first-order valence-electron chi connectivity index (χ1n) is 7.13. The number of likely N-dealkylation sites (tertiary alicyclic amines) is 1. The van der Waals surface area contributed by atoms with Crippen LogP contribution >= 0.6 is 0 Å². The number of nitrogens with zero attached hydrogens (tertiary/aromatic N) is 3. The van der Waals surface area contributed by atoms with Gasteiger partial charge in [-0.1, -0.05) is 13.8 Å². The first-order valence-corrected chi connectivity index (χ1v) is 7.13. The van der Waals surface area contributed by atoms with Crippen LogP contribution in [-0.4, -0.2) is 52.4 Å². The standard InChI is InChI=1S/C14H22N4O2/c1-4-10-11(5-2)16-17-13(12(10)14(19)20)15-9-6-7-18(3)8-9/h9H,4-8H2,1-3H3,(H,15,17)(H,19,20). The summed E-state index contributed by atoms with van der Waals surface area (Å²) < 4.78 is 0. The molecule has 0 aliphatic carbocycles. The van der Waals surface area contributed by atoms with Crippen LogP contribution in [-0.2, 0) is 12.8 Å². The van der Waals surface area contributed by atoms with Crippen molar-refractivity contribution >= 4 is 11.8 Å². The predicted octanol–water partition coefficient (Wildman–Crippen LogP) is 1.42. The van der Waals surface area contributed by atoms with Crippen LogP contribution in [0.15, 0.2) is 0 Å². The molecule has 0 spiro atoms. The highest BCUT2D eigenvalue weighted by Gasteiger charge is 2.25. The number of carbonyl (C=O) groups is 1.